The number of rotatable bonds is 6. The van der Waals surface area contributed by atoms with Crippen LogP contribution in [0, 0.1) is 13.8 Å². The number of aliphatic hydroxyl groups is 1. The molecule has 2 aromatic rings. The van der Waals surface area contributed by atoms with Crippen LogP contribution in [0.5, 0.6) is 5.75 Å². The molecule has 1 fully saturated rings. The van der Waals surface area contributed by atoms with Crippen molar-refractivity contribution in [3.05, 3.63) is 53.7 Å². The molecule has 1 atom stereocenters. The quantitative estimate of drug-likeness (QED) is 0.529. The number of aliphatic hydroxyl groups excluding tert-OH is 1. The molecule has 1 saturated heterocycles. The summed E-state index contributed by atoms with van der Waals surface area (Å²) in [6, 6.07) is 12.1. The van der Waals surface area contributed by atoms with Gasteiger partial charge in [-0.1, -0.05) is 18.2 Å². The Morgan fingerprint density at radius 3 is 2.48 bits per heavy atom. The highest BCUT2D eigenvalue weighted by Crippen LogP contribution is 2.19. The summed E-state index contributed by atoms with van der Waals surface area (Å²) in [6.07, 6.45) is 1.34. The van der Waals surface area contributed by atoms with Gasteiger partial charge in [-0.2, -0.15) is 0 Å². The van der Waals surface area contributed by atoms with Gasteiger partial charge >= 0.3 is 0 Å². The third kappa shape index (κ3) is 6.85. The number of halogens is 2. The highest BCUT2D eigenvalue weighted by atomic mass is 35.5. The Morgan fingerprint density at radius 2 is 1.81 bits per heavy atom. The van der Waals surface area contributed by atoms with E-state index >= 15 is 0 Å². The van der Waals surface area contributed by atoms with E-state index in [9.17, 15) is 5.11 Å². The summed E-state index contributed by atoms with van der Waals surface area (Å²) in [6.45, 7) is 8.75. The van der Waals surface area contributed by atoms with Crippen LogP contribution in [0.4, 0.5) is 5.82 Å². The Bertz CT molecular complexity index is 680. The first-order valence-electron chi connectivity index (χ1n) is 8.88. The van der Waals surface area contributed by atoms with Gasteiger partial charge in [-0.05, 0) is 43.2 Å². The molecule has 1 aromatic carbocycles. The van der Waals surface area contributed by atoms with Crippen LogP contribution in [0.2, 0.25) is 0 Å². The molecule has 1 aliphatic heterocycles. The molecule has 1 unspecified atom stereocenters. The number of β-amino-alcohol motifs (C(OH)–C–C–N with tert-alkyl or cyclic N) is 1. The predicted molar refractivity (Wildman–Crippen MR) is 100 cm³/mol. The van der Waals surface area contributed by atoms with Crippen LogP contribution in [0.25, 0.3) is 0 Å². The summed E-state index contributed by atoms with van der Waals surface area (Å²) in [5.41, 5.74) is 2.27. The average Bonchev–Trinajstić information content (AvgIpc) is 2.64. The van der Waals surface area contributed by atoms with Gasteiger partial charge < -0.3 is 39.6 Å². The highest BCUT2D eigenvalue weighted by Gasteiger charge is 2.20. The van der Waals surface area contributed by atoms with Crippen molar-refractivity contribution in [1.82, 2.24) is 9.88 Å². The van der Waals surface area contributed by atoms with Gasteiger partial charge in [0.1, 0.15) is 24.3 Å². The van der Waals surface area contributed by atoms with Gasteiger partial charge in [0.05, 0.1) is 0 Å². The number of aromatic nitrogens is 1. The SMILES string of the molecule is Cc1ccc(C)c(OCC(O)CN2CCN(c3ccccn3)CC2)c1.[Cl-].[Cl-]. The number of nitrogens with zero attached hydrogens (tertiary/aromatic N) is 3. The summed E-state index contributed by atoms with van der Waals surface area (Å²) < 4.78 is 5.81. The second kappa shape index (κ2) is 11.3. The minimum atomic E-state index is -0.485. The van der Waals surface area contributed by atoms with Crippen molar-refractivity contribution in [2.24, 2.45) is 0 Å². The van der Waals surface area contributed by atoms with Gasteiger partial charge in [0.2, 0.25) is 0 Å². The third-order valence-electron chi connectivity index (χ3n) is 4.59. The zero-order chi connectivity index (χ0) is 17.6. The second-order valence-corrected chi connectivity index (χ2v) is 6.71. The van der Waals surface area contributed by atoms with Crippen LogP contribution < -0.4 is 34.5 Å². The summed E-state index contributed by atoms with van der Waals surface area (Å²) in [5.74, 6) is 1.89. The molecule has 5 nitrogen and oxygen atoms in total. The van der Waals surface area contributed by atoms with Gasteiger partial charge in [-0.3, -0.25) is 4.90 Å². The smallest absolute Gasteiger partial charge is 0.128 e. The van der Waals surface area contributed by atoms with E-state index in [1.165, 1.54) is 5.56 Å². The van der Waals surface area contributed by atoms with Crippen molar-refractivity contribution < 1.29 is 34.7 Å². The first-order chi connectivity index (χ1) is 12.1. The number of aryl methyl sites for hydroxylation is 2. The lowest BCUT2D eigenvalue weighted by molar-refractivity contribution is -0.001000. The normalized spacial score (nSPS) is 15.4. The molecule has 0 bridgehead atoms. The van der Waals surface area contributed by atoms with E-state index in [1.54, 1.807) is 0 Å². The Hall–Kier alpha value is -1.53. The Balaban J connectivity index is 0.00000182. The molecule has 150 valence electrons. The summed E-state index contributed by atoms with van der Waals surface area (Å²) in [5, 5.41) is 10.3. The molecule has 27 heavy (non-hydrogen) atoms. The molecule has 0 aliphatic carbocycles. The highest BCUT2D eigenvalue weighted by molar-refractivity contribution is 5.38. The first-order valence-corrected chi connectivity index (χ1v) is 8.88. The fraction of sp³-hybridized carbons (Fsp3) is 0.450. The predicted octanol–water partition coefficient (Wildman–Crippen LogP) is -3.73. The van der Waals surface area contributed by atoms with Gasteiger partial charge in [0.25, 0.3) is 0 Å². The van der Waals surface area contributed by atoms with Gasteiger partial charge in [-0.15, -0.1) is 0 Å². The van der Waals surface area contributed by atoms with Gasteiger partial charge in [0.15, 0.2) is 0 Å². The lowest BCUT2D eigenvalue weighted by Gasteiger charge is -2.36. The standard InChI is InChI=1S/C20H27N3O2.2ClH/c1-16-6-7-17(2)19(13-16)25-15-18(24)14-22-9-11-23(12-10-22)20-5-3-4-8-21-20;;/h3-8,13,18,24H,9-12,14-15H2,1-2H3;2*1H/p-2. The van der Waals surface area contributed by atoms with E-state index in [-0.39, 0.29) is 24.8 Å². The number of piperazine rings is 1. The van der Waals surface area contributed by atoms with Crippen molar-refractivity contribution in [3.8, 4) is 5.75 Å². The zero-order valence-electron chi connectivity index (χ0n) is 15.8. The molecule has 1 aliphatic rings. The molecule has 3 rings (SSSR count). The average molecular weight is 412 g/mol. The van der Waals surface area contributed by atoms with Crippen molar-refractivity contribution in [2.75, 3.05) is 44.2 Å². The van der Waals surface area contributed by atoms with Gasteiger partial charge in [-0.25, -0.2) is 4.98 Å². The number of ether oxygens (including phenoxy) is 1. The number of hydrogen-bond acceptors (Lipinski definition) is 5. The summed E-state index contributed by atoms with van der Waals surface area (Å²) >= 11 is 0. The van der Waals surface area contributed by atoms with Crippen LogP contribution in [0.3, 0.4) is 0 Å². The van der Waals surface area contributed by atoms with Gasteiger partial charge in [0, 0.05) is 38.9 Å². The topological polar surface area (TPSA) is 48.8 Å². The second-order valence-electron chi connectivity index (χ2n) is 6.71. The Labute approximate surface area is 174 Å². The Kier molecular flexibility index (Phi) is 9.88. The largest absolute Gasteiger partial charge is 1.00 e. The maximum absolute atomic E-state index is 10.3. The maximum Gasteiger partial charge on any atom is 0.128 e. The fourth-order valence-electron chi connectivity index (χ4n) is 3.10. The number of hydrogen-bond donors (Lipinski definition) is 1. The molecular weight excluding hydrogens is 385 g/mol. The lowest BCUT2D eigenvalue weighted by Crippen LogP contribution is -3.00. The number of benzene rings is 1. The van der Waals surface area contributed by atoms with E-state index in [4.69, 9.17) is 4.74 Å². The number of anilines is 1. The van der Waals surface area contributed by atoms with Crippen LogP contribution in [-0.4, -0.2) is 60.4 Å². The summed E-state index contributed by atoms with van der Waals surface area (Å²) in [4.78, 5) is 8.98. The van der Waals surface area contributed by atoms with E-state index in [0.717, 1.165) is 43.3 Å². The van der Waals surface area contributed by atoms with E-state index in [1.807, 2.05) is 50.4 Å². The molecule has 0 saturated carbocycles. The van der Waals surface area contributed by atoms with Crippen molar-refractivity contribution in [3.63, 3.8) is 0 Å². The lowest BCUT2D eigenvalue weighted by atomic mass is 10.1. The monoisotopic (exact) mass is 411 g/mol. The molecular formula is C20H27Cl2N3O2-2. The minimum absolute atomic E-state index is 0. The van der Waals surface area contributed by atoms with E-state index in [2.05, 4.69) is 20.9 Å². The molecule has 0 amide bonds. The molecule has 0 spiro atoms. The fourth-order valence-corrected chi connectivity index (χ4v) is 3.10. The maximum atomic E-state index is 10.3. The van der Waals surface area contributed by atoms with E-state index in [0.29, 0.717) is 13.2 Å². The molecule has 1 N–H and O–H groups in total. The third-order valence-corrected chi connectivity index (χ3v) is 4.59. The van der Waals surface area contributed by atoms with Crippen LogP contribution in [-0.2, 0) is 0 Å². The molecule has 2 heterocycles. The van der Waals surface area contributed by atoms with Crippen LogP contribution in [0.15, 0.2) is 42.6 Å². The van der Waals surface area contributed by atoms with E-state index < -0.39 is 6.10 Å². The molecule has 1 aromatic heterocycles. The number of pyridine rings is 1. The molecule has 7 heteroatoms. The minimum Gasteiger partial charge on any atom is -1.00 e. The molecule has 0 radical (unpaired) electrons. The van der Waals surface area contributed by atoms with Crippen molar-refractivity contribution in [1.29, 1.82) is 0 Å². The van der Waals surface area contributed by atoms with Crippen molar-refractivity contribution in [2.45, 2.75) is 20.0 Å². The van der Waals surface area contributed by atoms with Crippen LogP contribution in [0.1, 0.15) is 11.1 Å². The first kappa shape index (κ1) is 23.5. The van der Waals surface area contributed by atoms with Crippen LogP contribution >= 0.6 is 0 Å². The zero-order valence-corrected chi connectivity index (χ0v) is 17.3. The van der Waals surface area contributed by atoms with Crippen molar-refractivity contribution >= 4 is 5.82 Å². The Morgan fingerprint density at radius 1 is 1.07 bits per heavy atom. The summed E-state index contributed by atoms with van der Waals surface area (Å²) in [7, 11) is 0.